The Morgan fingerprint density at radius 1 is 1.15 bits per heavy atom. The Morgan fingerprint density at radius 2 is 1.80 bits per heavy atom. The molecule has 110 valence electrons. The van der Waals surface area contributed by atoms with Crippen LogP contribution >= 0.6 is 24.4 Å². The molecule has 0 radical (unpaired) electrons. The summed E-state index contributed by atoms with van der Waals surface area (Å²) >= 11 is 5.48. The second kappa shape index (κ2) is 9.55. The molecule has 0 fully saturated rings. The summed E-state index contributed by atoms with van der Waals surface area (Å²) < 4.78 is 0. The molecule has 20 heavy (non-hydrogen) atoms. The molecule has 0 aliphatic carbocycles. The number of para-hydroxylation sites is 1. The van der Waals surface area contributed by atoms with Gasteiger partial charge in [0.05, 0.1) is 11.3 Å². The predicted octanol–water partition coefficient (Wildman–Crippen LogP) is 0.901. The number of thioether (sulfide) groups is 1. The lowest BCUT2D eigenvalue weighted by Crippen LogP contribution is -2.28. The highest BCUT2D eigenvalue weighted by molar-refractivity contribution is 7.99. The van der Waals surface area contributed by atoms with Crippen molar-refractivity contribution in [3.63, 3.8) is 0 Å². The zero-order chi connectivity index (χ0) is 14.8. The van der Waals surface area contributed by atoms with Gasteiger partial charge in [0.25, 0.3) is 5.91 Å². The fraction of sp³-hybridized carbons (Fsp3) is 0.385. The van der Waals surface area contributed by atoms with Gasteiger partial charge in [0, 0.05) is 24.6 Å². The highest BCUT2D eigenvalue weighted by Crippen LogP contribution is 2.14. The standard InChI is InChI=1S/C13H18N2O3S2/c16-11-4-2-1-3-10(11)13(18)15-6-8-20-7-5-14-12(17)9-19/h1-4,16,19H,5-9H2,(H,14,17)(H,15,18). The number of phenols is 1. The smallest absolute Gasteiger partial charge is 0.255 e. The molecular weight excluding hydrogens is 296 g/mol. The SMILES string of the molecule is O=C(CS)NCCSCCNC(=O)c1ccccc1O. The van der Waals surface area contributed by atoms with Crippen molar-refractivity contribution in [1.82, 2.24) is 10.6 Å². The lowest BCUT2D eigenvalue weighted by Gasteiger charge is -2.07. The minimum atomic E-state index is -0.285. The monoisotopic (exact) mass is 314 g/mol. The largest absolute Gasteiger partial charge is 0.507 e. The molecule has 3 N–H and O–H groups in total. The van der Waals surface area contributed by atoms with Gasteiger partial charge in [-0.05, 0) is 12.1 Å². The van der Waals surface area contributed by atoms with Crippen molar-refractivity contribution in [2.24, 2.45) is 0 Å². The summed E-state index contributed by atoms with van der Waals surface area (Å²) in [5, 5.41) is 15.0. The number of rotatable bonds is 8. The van der Waals surface area contributed by atoms with Crippen LogP contribution in [0.25, 0.3) is 0 Å². The second-order valence-corrected chi connectivity index (χ2v) is 5.43. The van der Waals surface area contributed by atoms with Crippen molar-refractivity contribution >= 4 is 36.2 Å². The van der Waals surface area contributed by atoms with Crippen molar-refractivity contribution in [3.8, 4) is 5.75 Å². The van der Waals surface area contributed by atoms with Gasteiger partial charge in [-0.3, -0.25) is 9.59 Å². The van der Waals surface area contributed by atoms with Gasteiger partial charge < -0.3 is 15.7 Å². The Morgan fingerprint density at radius 3 is 2.45 bits per heavy atom. The molecule has 0 saturated heterocycles. The number of nitrogens with one attached hydrogen (secondary N) is 2. The number of aromatic hydroxyl groups is 1. The van der Waals surface area contributed by atoms with Crippen LogP contribution in [0.3, 0.4) is 0 Å². The third-order valence-corrected chi connectivity index (χ3v) is 3.67. The van der Waals surface area contributed by atoms with Gasteiger partial charge in [0.15, 0.2) is 0 Å². The number of carbonyl (C=O) groups is 2. The lowest BCUT2D eigenvalue weighted by atomic mass is 10.2. The van der Waals surface area contributed by atoms with Crippen LogP contribution in [-0.2, 0) is 4.79 Å². The number of amides is 2. The number of benzene rings is 1. The maximum absolute atomic E-state index is 11.7. The van der Waals surface area contributed by atoms with Crippen LogP contribution in [0.4, 0.5) is 0 Å². The Bertz CT molecular complexity index is 455. The molecule has 0 bridgehead atoms. The fourth-order valence-electron chi connectivity index (χ4n) is 1.42. The number of carbonyl (C=O) groups excluding carboxylic acids is 2. The fourth-order valence-corrected chi connectivity index (χ4v) is 2.23. The van der Waals surface area contributed by atoms with E-state index in [1.807, 2.05) is 0 Å². The first-order valence-corrected chi connectivity index (χ1v) is 7.95. The Hall–Kier alpha value is -1.34. The van der Waals surface area contributed by atoms with Gasteiger partial charge in [-0.15, -0.1) is 0 Å². The first kappa shape index (κ1) is 16.7. The van der Waals surface area contributed by atoms with E-state index in [0.29, 0.717) is 13.1 Å². The van der Waals surface area contributed by atoms with E-state index in [2.05, 4.69) is 23.3 Å². The van der Waals surface area contributed by atoms with Gasteiger partial charge in [-0.25, -0.2) is 0 Å². The molecule has 0 aliphatic rings. The van der Waals surface area contributed by atoms with Crippen LogP contribution in [0.1, 0.15) is 10.4 Å². The van der Waals surface area contributed by atoms with E-state index in [9.17, 15) is 14.7 Å². The number of thiol groups is 1. The average Bonchev–Trinajstić information content (AvgIpc) is 2.46. The number of hydrogen-bond acceptors (Lipinski definition) is 5. The molecule has 1 aromatic rings. The van der Waals surface area contributed by atoms with Gasteiger partial charge >= 0.3 is 0 Å². The van der Waals surface area contributed by atoms with Crippen LogP contribution in [0.15, 0.2) is 24.3 Å². The predicted molar refractivity (Wildman–Crippen MR) is 84.6 cm³/mol. The maximum atomic E-state index is 11.7. The third-order valence-electron chi connectivity index (χ3n) is 2.39. The van der Waals surface area contributed by atoms with Crippen LogP contribution in [0.5, 0.6) is 5.75 Å². The van der Waals surface area contributed by atoms with E-state index in [-0.39, 0.29) is 28.9 Å². The van der Waals surface area contributed by atoms with Crippen molar-refractivity contribution in [1.29, 1.82) is 0 Å². The average molecular weight is 314 g/mol. The summed E-state index contributed by atoms with van der Waals surface area (Å²) in [5.41, 5.74) is 0.276. The summed E-state index contributed by atoms with van der Waals surface area (Å²) in [7, 11) is 0. The van der Waals surface area contributed by atoms with Crippen LogP contribution in [-0.4, -0.2) is 47.3 Å². The molecule has 5 nitrogen and oxygen atoms in total. The first-order chi connectivity index (χ1) is 9.65. The zero-order valence-corrected chi connectivity index (χ0v) is 12.7. The topological polar surface area (TPSA) is 78.4 Å². The lowest BCUT2D eigenvalue weighted by molar-refractivity contribution is -0.118. The molecule has 2 amide bonds. The van der Waals surface area contributed by atoms with Crippen molar-refractivity contribution < 1.29 is 14.7 Å². The maximum Gasteiger partial charge on any atom is 0.255 e. The summed E-state index contributed by atoms with van der Waals surface area (Å²) in [6, 6.07) is 6.42. The molecule has 7 heteroatoms. The zero-order valence-electron chi connectivity index (χ0n) is 11.0. The summed E-state index contributed by atoms with van der Waals surface area (Å²) in [6.07, 6.45) is 0. The van der Waals surface area contributed by atoms with Gasteiger partial charge in [0.1, 0.15) is 5.75 Å². The minimum Gasteiger partial charge on any atom is -0.507 e. The van der Waals surface area contributed by atoms with Crippen LogP contribution < -0.4 is 10.6 Å². The number of phenolic OH excluding ortho intramolecular Hbond substituents is 1. The van der Waals surface area contributed by atoms with Crippen LogP contribution in [0.2, 0.25) is 0 Å². The molecule has 0 atom stereocenters. The quantitative estimate of drug-likeness (QED) is 0.425. The molecule has 0 aliphatic heterocycles. The summed E-state index contributed by atoms with van der Waals surface area (Å²) in [5.74, 6) is 1.34. The second-order valence-electron chi connectivity index (χ2n) is 3.89. The van der Waals surface area contributed by atoms with Crippen molar-refractivity contribution in [2.45, 2.75) is 0 Å². The Labute approximate surface area is 127 Å². The highest BCUT2D eigenvalue weighted by atomic mass is 32.2. The third kappa shape index (κ3) is 6.21. The minimum absolute atomic E-state index is 0.0212. The van der Waals surface area contributed by atoms with E-state index in [1.54, 1.807) is 30.0 Å². The summed E-state index contributed by atoms with van der Waals surface area (Å²) in [6.45, 7) is 1.11. The van der Waals surface area contributed by atoms with Gasteiger partial charge in [0.2, 0.25) is 5.91 Å². The normalized spacial score (nSPS) is 10.1. The summed E-state index contributed by atoms with van der Waals surface area (Å²) in [4.78, 5) is 22.6. The van der Waals surface area contributed by atoms with E-state index < -0.39 is 0 Å². The number of hydrogen-bond donors (Lipinski definition) is 4. The molecule has 0 aromatic heterocycles. The van der Waals surface area contributed by atoms with Gasteiger partial charge in [-0.1, -0.05) is 12.1 Å². The van der Waals surface area contributed by atoms with E-state index >= 15 is 0 Å². The molecule has 0 heterocycles. The van der Waals surface area contributed by atoms with E-state index in [4.69, 9.17) is 0 Å². The molecule has 0 saturated carbocycles. The molecule has 1 aromatic carbocycles. The highest BCUT2D eigenvalue weighted by Gasteiger charge is 2.08. The molecule has 0 unspecified atom stereocenters. The van der Waals surface area contributed by atoms with E-state index in [1.165, 1.54) is 6.07 Å². The molecule has 1 rings (SSSR count). The molecular formula is C13H18N2O3S2. The Kier molecular flexibility index (Phi) is 7.98. The van der Waals surface area contributed by atoms with E-state index in [0.717, 1.165) is 11.5 Å². The Balaban J connectivity index is 2.11. The molecule has 0 spiro atoms. The van der Waals surface area contributed by atoms with Gasteiger partial charge in [-0.2, -0.15) is 24.4 Å². The van der Waals surface area contributed by atoms with Crippen LogP contribution in [0, 0.1) is 0 Å². The van der Waals surface area contributed by atoms with Crippen molar-refractivity contribution in [3.05, 3.63) is 29.8 Å². The van der Waals surface area contributed by atoms with Crippen molar-refractivity contribution in [2.75, 3.05) is 30.3 Å². The first-order valence-electron chi connectivity index (χ1n) is 6.16.